The van der Waals surface area contributed by atoms with E-state index in [0.29, 0.717) is 0 Å². The Kier molecular flexibility index (Phi) is 5.12. The van der Waals surface area contributed by atoms with Gasteiger partial charge >= 0.3 is 0 Å². The summed E-state index contributed by atoms with van der Waals surface area (Å²) in [6.45, 7) is 0.243. The highest BCUT2D eigenvalue weighted by Crippen LogP contribution is 1.95. The molecule has 0 saturated heterocycles. The Labute approximate surface area is 50.9 Å². The predicted octanol–water partition coefficient (Wildman–Crippen LogP) is -0.900. The number of aliphatic hydroxyl groups is 2. The fraction of sp³-hybridized carbons (Fsp3) is 1.00. The minimum Gasteiger partial charge on any atom is -0.402 e. The van der Waals surface area contributed by atoms with Crippen molar-refractivity contribution in [2.24, 2.45) is 0 Å². The fourth-order valence-corrected chi connectivity index (χ4v) is 0.552. The van der Waals surface area contributed by atoms with E-state index in [1.807, 2.05) is 0 Å². The molecule has 0 bridgehead atoms. The van der Waals surface area contributed by atoms with E-state index < -0.39 is 0 Å². The summed E-state index contributed by atoms with van der Waals surface area (Å²) in [5.41, 5.74) is 0. The first kappa shape index (κ1) is 7.98. The third-order valence-electron chi connectivity index (χ3n) is 1.03. The van der Waals surface area contributed by atoms with Crippen LogP contribution in [0.4, 0.5) is 0 Å². The van der Waals surface area contributed by atoms with E-state index >= 15 is 0 Å². The highest BCUT2D eigenvalue weighted by molar-refractivity contribution is 6.10. The van der Waals surface area contributed by atoms with E-state index in [-0.39, 0.29) is 12.6 Å². The van der Waals surface area contributed by atoms with E-state index in [9.17, 15) is 0 Å². The number of aliphatic hydroxyl groups excluding tert-OH is 2. The molecule has 0 spiro atoms. The molecule has 0 aromatic heterocycles. The summed E-state index contributed by atoms with van der Waals surface area (Å²) in [5.74, 6) is 0. The summed E-state index contributed by atoms with van der Waals surface area (Å²) in [4.78, 5) is 0. The van der Waals surface area contributed by atoms with Crippen LogP contribution < -0.4 is 0 Å². The van der Waals surface area contributed by atoms with Gasteiger partial charge in [-0.05, 0) is 19.3 Å². The van der Waals surface area contributed by atoms with Crippen LogP contribution in [0, 0.1) is 0 Å². The topological polar surface area (TPSA) is 40.5 Å². The van der Waals surface area contributed by atoms with Gasteiger partial charge in [0.1, 0.15) is 7.85 Å². The summed E-state index contributed by atoms with van der Waals surface area (Å²) in [7, 11) is 1.76. The van der Waals surface area contributed by atoms with Crippen molar-refractivity contribution in [3.63, 3.8) is 0 Å². The Hall–Kier alpha value is -0.0151. The van der Waals surface area contributed by atoms with Crippen LogP contribution in [0.1, 0.15) is 19.3 Å². The molecule has 0 aliphatic rings. The number of hydrogen-bond acceptors (Lipinski definition) is 2. The second kappa shape index (κ2) is 5.13. The van der Waals surface area contributed by atoms with Gasteiger partial charge in [-0.2, -0.15) is 0 Å². The average molecular weight is 116 g/mol. The predicted molar refractivity (Wildman–Crippen MR) is 35.5 cm³/mol. The summed E-state index contributed by atoms with van der Waals surface area (Å²) in [5, 5.41) is 17.0. The maximum atomic E-state index is 8.70. The molecule has 0 aliphatic heterocycles. The molecule has 0 aliphatic carbocycles. The van der Waals surface area contributed by atoms with Crippen LogP contribution >= 0.6 is 0 Å². The molecule has 0 heterocycles. The molecular weight excluding hydrogens is 103 g/mol. The zero-order valence-electron chi connectivity index (χ0n) is 5.30. The minimum atomic E-state index is -0.207. The SMILES string of the molecule is BC(O)CCCCO. The molecular formula is C5H13BO2. The van der Waals surface area contributed by atoms with Crippen LogP contribution in [0.3, 0.4) is 0 Å². The van der Waals surface area contributed by atoms with Gasteiger partial charge in [-0.3, -0.25) is 0 Å². The molecule has 0 fully saturated rings. The van der Waals surface area contributed by atoms with Gasteiger partial charge < -0.3 is 10.2 Å². The van der Waals surface area contributed by atoms with Gasteiger partial charge in [0.2, 0.25) is 0 Å². The Morgan fingerprint density at radius 3 is 2.38 bits per heavy atom. The van der Waals surface area contributed by atoms with Gasteiger partial charge in [-0.25, -0.2) is 0 Å². The maximum absolute atomic E-state index is 8.70. The molecule has 0 aromatic carbocycles. The van der Waals surface area contributed by atoms with Crippen molar-refractivity contribution in [2.45, 2.75) is 25.3 Å². The van der Waals surface area contributed by atoms with Crippen LogP contribution in [0.25, 0.3) is 0 Å². The van der Waals surface area contributed by atoms with E-state index in [2.05, 4.69) is 0 Å². The fourth-order valence-electron chi connectivity index (χ4n) is 0.552. The molecule has 2 nitrogen and oxygen atoms in total. The lowest BCUT2D eigenvalue weighted by atomic mass is 9.95. The zero-order valence-corrected chi connectivity index (χ0v) is 5.30. The largest absolute Gasteiger partial charge is 0.402 e. The summed E-state index contributed by atoms with van der Waals surface area (Å²) in [6.07, 6.45) is 2.54. The van der Waals surface area contributed by atoms with Gasteiger partial charge in [0.05, 0.1) is 0 Å². The lowest BCUT2D eigenvalue weighted by Gasteiger charge is -1.99. The minimum absolute atomic E-state index is 0.207. The van der Waals surface area contributed by atoms with Crippen molar-refractivity contribution >= 4 is 7.85 Å². The van der Waals surface area contributed by atoms with E-state index in [1.165, 1.54) is 0 Å². The molecule has 0 radical (unpaired) electrons. The molecule has 0 saturated carbocycles. The zero-order chi connectivity index (χ0) is 6.41. The van der Waals surface area contributed by atoms with Gasteiger partial charge in [0.15, 0.2) is 0 Å². The molecule has 3 heteroatoms. The Balaban J connectivity index is 2.72. The first-order valence-electron chi connectivity index (χ1n) is 3.06. The van der Waals surface area contributed by atoms with Crippen molar-refractivity contribution in [1.82, 2.24) is 0 Å². The summed E-state index contributed by atoms with van der Waals surface area (Å²) >= 11 is 0. The summed E-state index contributed by atoms with van der Waals surface area (Å²) in [6, 6.07) is -0.207. The monoisotopic (exact) mass is 116 g/mol. The van der Waals surface area contributed by atoms with Crippen molar-refractivity contribution in [1.29, 1.82) is 0 Å². The van der Waals surface area contributed by atoms with Crippen LogP contribution in [-0.4, -0.2) is 30.7 Å². The number of rotatable bonds is 4. The molecule has 1 unspecified atom stereocenters. The van der Waals surface area contributed by atoms with Crippen molar-refractivity contribution in [2.75, 3.05) is 6.61 Å². The van der Waals surface area contributed by atoms with Gasteiger partial charge in [0.25, 0.3) is 0 Å². The second-order valence-electron chi connectivity index (χ2n) is 2.07. The van der Waals surface area contributed by atoms with Crippen LogP contribution in [0.2, 0.25) is 0 Å². The van der Waals surface area contributed by atoms with Crippen LogP contribution in [0.5, 0.6) is 0 Å². The summed E-state index contributed by atoms with van der Waals surface area (Å²) < 4.78 is 0. The standard InChI is InChI=1S/C5H13BO2/c6-5(8)3-1-2-4-7/h5,7-8H,1-4,6H2. The lowest BCUT2D eigenvalue weighted by molar-refractivity contribution is 0.228. The average Bonchev–Trinajstić information content (AvgIpc) is 1.66. The highest BCUT2D eigenvalue weighted by atomic mass is 16.3. The van der Waals surface area contributed by atoms with Crippen LogP contribution in [-0.2, 0) is 0 Å². The third-order valence-corrected chi connectivity index (χ3v) is 1.03. The molecule has 0 aromatic rings. The Morgan fingerprint density at radius 1 is 1.38 bits per heavy atom. The van der Waals surface area contributed by atoms with E-state index in [4.69, 9.17) is 10.2 Å². The normalized spacial score (nSPS) is 13.8. The van der Waals surface area contributed by atoms with E-state index in [1.54, 1.807) is 7.85 Å². The first-order chi connectivity index (χ1) is 3.77. The van der Waals surface area contributed by atoms with Crippen molar-refractivity contribution in [3.8, 4) is 0 Å². The molecule has 48 valence electrons. The van der Waals surface area contributed by atoms with Gasteiger partial charge in [-0.1, -0.05) is 0 Å². The first-order valence-corrected chi connectivity index (χ1v) is 3.06. The maximum Gasteiger partial charge on any atom is 0.138 e. The number of hydrogen-bond donors (Lipinski definition) is 2. The quantitative estimate of drug-likeness (QED) is 0.369. The smallest absolute Gasteiger partial charge is 0.138 e. The van der Waals surface area contributed by atoms with Gasteiger partial charge in [0, 0.05) is 12.6 Å². The second-order valence-corrected chi connectivity index (χ2v) is 2.07. The molecule has 8 heavy (non-hydrogen) atoms. The molecule has 0 amide bonds. The molecule has 2 N–H and O–H groups in total. The van der Waals surface area contributed by atoms with Gasteiger partial charge in [-0.15, -0.1) is 0 Å². The highest BCUT2D eigenvalue weighted by Gasteiger charge is 1.92. The van der Waals surface area contributed by atoms with Crippen molar-refractivity contribution in [3.05, 3.63) is 0 Å². The number of unbranched alkanes of at least 4 members (excludes halogenated alkanes) is 1. The molecule has 0 rings (SSSR count). The van der Waals surface area contributed by atoms with Crippen LogP contribution in [0.15, 0.2) is 0 Å². The molecule has 1 atom stereocenters. The Bertz CT molecular complexity index is 47.7. The Morgan fingerprint density at radius 2 is 2.00 bits per heavy atom. The third kappa shape index (κ3) is 5.98. The van der Waals surface area contributed by atoms with Crippen molar-refractivity contribution < 1.29 is 10.2 Å². The lowest BCUT2D eigenvalue weighted by Crippen LogP contribution is -2.04. The van der Waals surface area contributed by atoms with E-state index in [0.717, 1.165) is 19.3 Å².